The highest BCUT2D eigenvalue weighted by molar-refractivity contribution is 5.79. The summed E-state index contributed by atoms with van der Waals surface area (Å²) < 4.78 is 0. The number of rotatable bonds is 4. The maximum Gasteiger partial charge on any atom is 0.225 e. The Bertz CT molecular complexity index is 344. The van der Waals surface area contributed by atoms with Crippen molar-refractivity contribution in [3.8, 4) is 0 Å². The van der Waals surface area contributed by atoms with Crippen molar-refractivity contribution in [3.05, 3.63) is 0 Å². The lowest BCUT2D eigenvalue weighted by molar-refractivity contribution is -0.136. The molecule has 0 radical (unpaired) electrons. The van der Waals surface area contributed by atoms with Gasteiger partial charge in [-0.2, -0.15) is 0 Å². The third kappa shape index (κ3) is 2.54. The van der Waals surface area contributed by atoms with Gasteiger partial charge < -0.3 is 10.6 Å². The zero-order chi connectivity index (χ0) is 13.4. The molecule has 5 atom stereocenters. The van der Waals surface area contributed by atoms with Gasteiger partial charge in [0, 0.05) is 19.5 Å². The summed E-state index contributed by atoms with van der Waals surface area (Å²) in [5.74, 6) is 3.70. The van der Waals surface area contributed by atoms with Crippen molar-refractivity contribution in [1.29, 1.82) is 0 Å². The Labute approximate surface area is 116 Å². The van der Waals surface area contributed by atoms with Gasteiger partial charge in [-0.25, -0.2) is 0 Å². The van der Waals surface area contributed by atoms with Crippen molar-refractivity contribution in [3.63, 3.8) is 0 Å². The molecular weight excluding hydrogens is 236 g/mol. The Kier molecular flexibility index (Phi) is 3.84. The standard InChI is InChI=1S/C16H28N2O/c1-18(10-14-8-11-5-6-12(14)7-11)16(19)15-4-2-3-13(15)9-17/h11-15H,2-10,17H2,1H3. The number of fused-ring (bicyclic) bond motifs is 2. The summed E-state index contributed by atoms with van der Waals surface area (Å²) >= 11 is 0. The van der Waals surface area contributed by atoms with Crippen LogP contribution in [0.3, 0.4) is 0 Å². The summed E-state index contributed by atoms with van der Waals surface area (Å²) in [6, 6.07) is 0. The Morgan fingerprint density at radius 3 is 2.63 bits per heavy atom. The Balaban J connectivity index is 1.55. The molecule has 3 nitrogen and oxygen atoms in total. The minimum Gasteiger partial charge on any atom is -0.345 e. The zero-order valence-electron chi connectivity index (χ0n) is 12.2. The predicted molar refractivity (Wildman–Crippen MR) is 76.5 cm³/mol. The third-order valence-electron chi connectivity index (χ3n) is 6.05. The van der Waals surface area contributed by atoms with E-state index in [0.29, 0.717) is 18.4 Å². The van der Waals surface area contributed by atoms with Crippen molar-refractivity contribution < 1.29 is 4.79 Å². The van der Waals surface area contributed by atoms with E-state index in [1.165, 1.54) is 32.1 Å². The maximum absolute atomic E-state index is 12.6. The van der Waals surface area contributed by atoms with E-state index in [0.717, 1.165) is 37.1 Å². The highest BCUT2D eigenvalue weighted by atomic mass is 16.2. The van der Waals surface area contributed by atoms with Gasteiger partial charge in [-0.1, -0.05) is 12.8 Å². The van der Waals surface area contributed by atoms with Crippen molar-refractivity contribution in [2.45, 2.75) is 44.9 Å². The van der Waals surface area contributed by atoms with E-state index in [-0.39, 0.29) is 5.92 Å². The van der Waals surface area contributed by atoms with Crippen molar-refractivity contribution in [1.82, 2.24) is 4.90 Å². The van der Waals surface area contributed by atoms with Crippen LogP contribution in [0, 0.1) is 29.6 Å². The second-order valence-corrected chi connectivity index (χ2v) is 7.19. The Morgan fingerprint density at radius 2 is 2.00 bits per heavy atom. The maximum atomic E-state index is 12.6. The zero-order valence-corrected chi connectivity index (χ0v) is 12.2. The van der Waals surface area contributed by atoms with E-state index in [2.05, 4.69) is 0 Å². The van der Waals surface area contributed by atoms with E-state index in [1.54, 1.807) is 0 Å². The van der Waals surface area contributed by atoms with Crippen LogP contribution >= 0.6 is 0 Å². The first-order valence-electron chi connectivity index (χ1n) is 8.14. The van der Waals surface area contributed by atoms with Gasteiger partial charge in [-0.05, 0) is 62.3 Å². The molecule has 3 heteroatoms. The number of amides is 1. The molecule has 3 fully saturated rings. The van der Waals surface area contributed by atoms with Gasteiger partial charge in [-0.3, -0.25) is 4.79 Å². The first-order valence-corrected chi connectivity index (χ1v) is 8.14. The fraction of sp³-hybridized carbons (Fsp3) is 0.938. The molecule has 3 aliphatic carbocycles. The van der Waals surface area contributed by atoms with Crippen LogP contribution in [0.4, 0.5) is 0 Å². The molecule has 0 saturated heterocycles. The number of carbonyl (C=O) groups excluding carboxylic acids is 1. The molecule has 0 spiro atoms. The highest BCUT2D eigenvalue weighted by Crippen LogP contribution is 2.48. The second kappa shape index (κ2) is 5.43. The largest absolute Gasteiger partial charge is 0.345 e. The summed E-state index contributed by atoms with van der Waals surface area (Å²) in [7, 11) is 2.01. The Hall–Kier alpha value is -0.570. The first kappa shape index (κ1) is 13.4. The van der Waals surface area contributed by atoms with Gasteiger partial charge in [0.25, 0.3) is 0 Å². The molecule has 0 aromatic carbocycles. The molecule has 108 valence electrons. The minimum absolute atomic E-state index is 0.216. The number of hydrogen-bond donors (Lipinski definition) is 1. The van der Waals surface area contributed by atoms with E-state index in [1.807, 2.05) is 11.9 Å². The molecular formula is C16H28N2O. The molecule has 3 aliphatic rings. The Morgan fingerprint density at radius 1 is 1.16 bits per heavy atom. The summed E-state index contributed by atoms with van der Waals surface area (Å²) in [6.45, 7) is 1.67. The van der Waals surface area contributed by atoms with Crippen molar-refractivity contribution in [2.75, 3.05) is 20.1 Å². The summed E-state index contributed by atoms with van der Waals surface area (Å²) in [4.78, 5) is 14.6. The summed E-state index contributed by atoms with van der Waals surface area (Å²) in [5, 5.41) is 0. The van der Waals surface area contributed by atoms with Crippen molar-refractivity contribution >= 4 is 5.91 Å². The van der Waals surface area contributed by atoms with Gasteiger partial charge in [0.15, 0.2) is 0 Å². The topological polar surface area (TPSA) is 46.3 Å². The average Bonchev–Trinajstić information content (AvgIpc) is 3.12. The molecule has 0 aliphatic heterocycles. The molecule has 0 aromatic rings. The van der Waals surface area contributed by atoms with E-state index < -0.39 is 0 Å². The molecule has 2 bridgehead atoms. The fourth-order valence-electron chi connectivity index (χ4n) is 4.97. The van der Waals surface area contributed by atoms with Gasteiger partial charge in [0.2, 0.25) is 5.91 Å². The van der Waals surface area contributed by atoms with Gasteiger partial charge in [-0.15, -0.1) is 0 Å². The third-order valence-corrected chi connectivity index (χ3v) is 6.05. The average molecular weight is 264 g/mol. The normalized spacial score (nSPS) is 40.8. The number of carbonyl (C=O) groups is 1. The van der Waals surface area contributed by atoms with Crippen LogP contribution in [0.15, 0.2) is 0 Å². The van der Waals surface area contributed by atoms with Crippen LogP contribution in [-0.4, -0.2) is 30.9 Å². The van der Waals surface area contributed by atoms with Gasteiger partial charge in [0.1, 0.15) is 0 Å². The number of nitrogens with zero attached hydrogens (tertiary/aromatic N) is 1. The van der Waals surface area contributed by atoms with E-state index in [4.69, 9.17) is 5.73 Å². The molecule has 5 unspecified atom stereocenters. The van der Waals surface area contributed by atoms with Crippen LogP contribution in [0.5, 0.6) is 0 Å². The number of nitrogens with two attached hydrogens (primary N) is 1. The van der Waals surface area contributed by atoms with E-state index >= 15 is 0 Å². The van der Waals surface area contributed by atoms with Crippen LogP contribution < -0.4 is 5.73 Å². The molecule has 0 heterocycles. The highest BCUT2D eigenvalue weighted by Gasteiger charge is 2.41. The summed E-state index contributed by atoms with van der Waals surface area (Å²) in [5.41, 5.74) is 5.80. The molecule has 0 aromatic heterocycles. The molecule has 2 N–H and O–H groups in total. The quantitative estimate of drug-likeness (QED) is 0.846. The van der Waals surface area contributed by atoms with Crippen LogP contribution in [0.2, 0.25) is 0 Å². The van der Waals surface area contributed by atoms with Crippen molar-refractivity contribution in [2.24, 2.45) is 35.3 Å². The monoisotopic (exact) mass is 264 g/mol. The second-order valence-electron chi connectivity index (χ2n) is 7.19. The van der Waals surface area contributed by atoms with Gasteiger partial charge >= 0.3 is 0 Å². The van der Waals surface area contributed by atoms with Crippen LogP contribution in [0.1, 0.15) is 44.9 Å². The fourth-order valence-corrected chi connectivity index (χ4v) is 4.97. The smallest absolute Gasteiger partial charge is 0.225 e. The van der Waals surface area contributed by atoms with Gasteiger partial charge in [0.05, 0.1) is 0 Å². The van der Waals surface area contributed by atoms with Crippen LogP contribution in [-0.2, 0) is 4.79 Å². The molecule has 3 rings (SSSR count). The van der Waals surface area contributed by atoms with Crippen LogP contribution in [0.25, 0.3) is 0 Å². The lowest BCUT2D eigenvalue weighted by Crippen LogP contribution is -2.40. The number of hydrogen-bond acceptors (Lipinski definition) is 2. The summed E-state index contributed by atoms with van der Waals surface area (Å²) in [6.07, 6.45) is 9.04. The van der Waals surface area contributed by atoms with E-state index in [9.17, 15) is 4.79 Å². The molecule has 19 heavy (non-hydrogen) atoms. The lowest BCUT2D eigenvalue weighted by atomic mass is 9.88. The SMILES string of the molecule is CN(CC1CC2CCC1C2)C(=O)C1CCCC1CN. The minimum atomic E-state index is 0.216. The predicted octanol–water partition coefficient (Wildman–Crippen LogP) is 2.26. The first-order chi connectivity index (χ1) is 9.19. The lowest BCUT2D eigenvalue weighted by Gasteiger charge is -2.30. The molecule has 3 saturated carbocycles. The molecule has 1 amide bonds.